The van der Waals surface area contributed by atoms with Crippen LogP contribution in [0.3, 0.4) is 0 Å². The molecule has 0 spiro atoms. The lowest BCUT2D eigenvalue weighted by Crippen LogP contribution is -2.60. The third-order valence-electron chi connectivity index (χ3n) is 4.00. The van der Waals surface area contributed by atoms with Gasteiger partial charge in [0.2, 0.25) is 0 Å². The van der Waals surface area contributed by atoms with Crippen LogP contribution in [-0.2, 0) is 5.60 Å². The van der Waals surface area contributed by atoms with Crippen LogP contribution in [-0.4, -0.2) is 18.9 Å². The van der Waals surface area contributed by atoms with Crippen molar-refractivity contribution < 1.29 is 13.9 Å². The second kappa shape index (κ2) is 5.89. The standard InChI is InChI=1S/C18H18FNO2/c1-2-17(21)13-3-9-16(10-4-13)22-18(11-20-12-18)14-5-7-15(19)8-6-14/h3-10,20H,2,11-12H2,1H3. The fourth-order valence-electron chi connectivity index (χ4n) is 2.58. The molecule has 1 aliphatic rings. The highest BCUT2D eigenvalue weighted by Gasteiger charge is 2.41. The number of carbonyl (C=O) groups excluding carboxylic acids is 1. The molecule has 0 atom stereocenters. The van der Waals surface area contributed by atoms with Crippen molar-refractivity contribution in [2.45, 2.75) is 18.9 Å². The second-order valence-electron chi connectivity index (χ2n) is 5.51. The number of hydrogen-bond acceptors (Lipinski definition) is 3. The summed E-state index contributed by atoms with van der Waals surface area (Å²) < 4.78 is 19.2. The van der Waals surface area contributed by atoms with Gasteiger partial charge >= 0.3 is 0 Å². The zero-order valence-corrected chi connectivity index (χ0v) is 12.4. The molecular formula is C18H18FNO2. The van der Waals surface area contributed by atoms with E-state index in [4.69, 9.17) is 4.74 Å². The van der Waals surface area contributed by atoms with Crippen molar-refractivity contribution in [2.24, 2.45) is 0 Å². The minimum absolute atomic E-state index is 0.116. The molecule has 2 aromatic carbocycles. The normalized spacial score (nSPS) is 15.9. The highest BCUT2D eigenvalue weighted by molar-refractivity contribution is 5.95. The Morgan fingerprint density at radius 1 is 1.14 bits per heavy atom. The van der Waals surface area contributed by atoms with E-state index in [1.165, 1.54) is 12.1 Å². The molecule has 0 saturated carbocycles. The molecule has 2 aromatic rings. The molecule has 0 radical (unpaired) electrons. The van der Waals surface area contributed by atoms with Gasteiger partial charge in [-0.05, 0) is 42.0 Å². The van der Waals surface area contributed by atoms with Crippen molar-refractivity contribution in [3.63, 3.8) is 0 Å². The van der Waals surface area contributed by atoms with Gasteiger partial charge in [0.15, 0.2) is 11.4 Å². The molecular weight excluding hydrogens is 281 g/mol. The van der Waals surface area contributed by atoms with Crippen LogP contribution in [0, 0.1) is 5.82 Å². The summed E-state index contributed by atoms with van der Waals surface area (Å²) in [5, 5.41) is 3.20. The van der Waals surface area contributed by atoms with E-state index in [2.05, 4.69) is 5.32 Å². The molecule has 1 N–H and O–H groups in total. The van der Waals surface area contributed by atoms with Crippen LogP contribution in [0.15, 0.2) is 48.5 Å². The molecule has 0 amide bonds. The maximum absolute atomic E-state index is 13.1. The Balaban J connectivity index is 1.81. The number of nitrogens with one attached hydrogen (secondary N) is 1. The Hall–Kier alpha value is -2.20. The van der Waals surface area contributed by atoms with E-state index in [0.29, 0.717) is 30.8 Å². The van der Waals surface area contributed by atoms with Gasteiger partial charge in [-0.2, -0.15) is 0 Å². The van der Waals surface area contributed by atoms with Gasteiger partial charge in [-0.3, -0.25) is 4.79 Å². The third kappa shape index (κ3) is 2.74. The third-order valence-corrected chi connectivity index (χ3v) is 4.00. The fraction of sp³-hybridized carbons (Fsp3) is 0.278. The van der Waals surface area contributed by atoms with E-state index in [9.17, 15) is 9.18 Å². The van der Waals surface area contributed by atoms with Gasteiger partial charge in [0.1, 0.15) is 11.6 Å². The molecule has 0 bridgehead atoms. The number of ketones is 1. The average Bonchev–Trinajstić information content (AvgIpc) is 2.52. The summed E-state index contributed by atoms with van der Waals surface area (Å²) in [6, 6.07) is 13.6. The monoisotopic (exact) mass is 299 g/mol. The van der Waals surface area contributed by atoms with Crippen molar-refractivity contribution in [3.8, 4) is 5.75 Å². The van der Waals surface area contributed by atoms with Gasteiger partial charge in [-0.15, -0.1) is 0 Å². The van der Waals surface area contributed by atoms with Crippen molar-refractivity contribution in [1.29, 1.82) is 0 Å². The van der Waals surface area contributed by atoms with E-state index in [-0.39, 0.29) is 11.6 Å². The topological polar surface area (TPSA) is 38.3 Å². The van der Waals surface area contributed by atoms with Crippen molar-refractivity contribution in [1.82, 2.24) is 5.32 Å². The van der Waals surface area contributed by atoms with E-state index in [0.717, 1.165) is 5.56 Å². The van der Waals surface area contributed by atoms with Crippen molar-refractivity contribution >= 4 is 5.78 Å². The van der Waals surface area contributed by atoms with Gasteiger partial charge in [0.05, 0.1) is 0 Å². The summed E-state index contributed by atoms with van der Waals surface area (Å²) in [6.07, 6.45) is 0.490. The summed E-state index contributed by atoms with van der Waals surface area (Å²) in [5.74, 6) is 0.567. The lowest BCUT2D eigenvalue weighted by atomic mass is 9.87. The number of halogens is 1. The number of benzene rings is 2. The molecule has 3 rings (SSSR count). The second-order valence-corrected chi connectivity index (χ2v) is 5.51. The van der Waals surface area contributed by atoms with Gasteiger partial charge in [0.25, 0.3) is 0 Å². The zero-order chi connectivity index (χ0) is 15.6. The molecule has 4 heteroatoms. The Morgan fingerprint density at radius 3 is 2.27 bits per heavy atom. The maximum atomic E-state index is 13.1. The molecule has 1 heterocycles. The molecule has 1 saturated heterocycles. The molecule has 0 unspecified atom stereocenters. The first-order valence-electron chi connectivity index (χ1n) is 7.42. The predicted octanol–water partition coefficient (Wildman–Crippen LogP) is 3.30. The lowest BCUT2D eigenvalue weighted by molar-refractivity contribution is 0.0121. The highest BCUT2D eigenvalue weighted by atomic mass is 19.1. The minimum Gasteiger partial charge on any atom is -0.480 e. The largest absolute Gasteiger partial charge is 0.480 e. The summed E-state index contributed by atoms with van der Waals surface area (Å²) in [6.45, 7) is 3.19. The van der Waals surface area contributed by atoms with Crippen molar-refractivity contribution in [3.05, 3.63) is 65.5 Å². The van der Waals surface area contributed by atoms with Crippen LogP contribution >= 0.6 is 0 Å². The van der Waals surface area contributed by atoms with E-state index >= 15 is 0 Å². The van der Waals surface area contributed by atoms with Gasteiger partial charge in [-0.25, -0.2) is 4.39 Å². The van der Waals surface area contributed by atoms with Crippen molar-refractivity contribution in [2.75, 3.05) is 13.1 Å². The number of ether oxygens (including phenoxy) is 1. The quantitative estimate of drug-likeness (QED) is 0.861. The van der Waals surface area contributed by atoms with Crippen LogP contribution in [0.1, 0.15) is 29.3 Å². The number of Topliss-reactive ketones (excluding diaryl/α,β-unsaturated/α-hetero) is 1. The van der Waals surface area contributed by atoms with Crippen LogP contribution in [0.25, 0.3) is 0 Å². The Bertz CT molecular complexity index is 660. The first-order chi connectivity index (χ1) is 10.6. The first kappa shape index (κ1) is 14.7. The molecule has 1 aliphatic heterocycles. The van der Waals surface area contributed by atoms with E-state index in [1.807, 2.05) is 19.1 Å². The van der Waals surface area contributed by atoms with Crippen LogP contribution < -0.4 is 10.1 Å². The Morgan fingerprint density at radius 2 is 1.77 bits per heavy atom. The summed E-state index contributed by atoms with van der Waals surface area (Å²) in [4.78, 5) is 11.6. The molecule has 3 nitrogen and oxygen atoms in total. The molecule has 0 aromatic heterocycles. The molecule has 22 heavy (non-hydrogen) atoms. The number of hydrogen-bond donors (Lipinski definition) is 1. The molecule has 114 valence electrons. The highest BCUT2D eigenvalue weighted by Crippen LogP contribution is 2.32. The smallest absolute Gasteiger partial charge is 0.162 e. The maximum Gasteiger partial charge on any atom is 0.162 e. The van der Waals surface area contributed by atoms with Gasteiger partial charge < -0.3 is 10.1 Å². The molecule has 0 aliphatic carbocycles. The number of rotatable bonds is 5. The summed E-state index contributed by atoms with van der Waals surface area (Å²) in [5.41, 5.74) is 1.17. The van der Waals surface area contributed by atoms with Crippen LogP contribution in [0.5, 0.6) is 5.75 Å². The van der Waals surface area contributed by atoms with Gasteiger partial charge in [0, 0.05) is 25.1 Å². The summed E-state index contributed by atoms with van der Waals surface area (Å²) >= 11 is 0. The number of carbonyl (C=O) groups is 1. The van der Waals surface area contributed by atoms with E-state index < -0.39 is 5.60 Å². The average molecular weight is 299 g/mol. The minimum atomic E-state index is -0.468. The Kier molecular flexibility index (Phi) is 3.94. The first-order valence-corrected chi connectivity index (χ1v) is 7.42. The fourth-order valence-corrected chi connectivity index (χ4v) is 2.58. The Labute approximate surface area is 129 Å². The van der Waals surface area contributed by atoms with Gasteiger partial charge in [-0.1, -0.05) is 19.1 Å². The molecule has 1 fully saturated rings. The lowest BCUT2D eigenvalue weighted by Gasteiger charge is -2.43. The summed E-state index contributed by atoms with van der Waals surface area (Å²) in [7, 11) is 0. The zero-order valence-electron chi connectivity index (χ0n) is 12.4. The SMILES string of the molecule is CCC(=O)c1ccc(OC2(c3ccc(F)cc3)CNC2)cc1. The van der Waals surface area contributed by atoms with E-state index in [1.54, 1.807) is 24.3 Å². The van der Waals surface area contributed by atoms with Crippen LogP contribution in [0.4, 0.5) is 4.39 Å². The van der Waals surface area contributed by atoms with Crippen LogP contribution in [0.2, 0.25) is 0 Å². The predicted molar refractivity (Wildman–Crippen MR) is 82.6 cm³/mol.